The number of aliphatic imine (C=N–C) groups is 1. The molecule has 0 bridgehead atoms. The number of benzene rings is 2. The maximum atomic E-state index is 12.3. The molecule has 0 unspecified atom stereocenters. The summed E-state index contributed by atoms with van der Waals surface area (Å²) in [6, 6.07) is 11.6. The van der Waals surface area contributed by atoms with Gasteiger partial charge in [-0.2, -0.15) is 5.10 Å². The Kier molecular flexibility index (Phi) is 5.21. The van der Waals surface area contributed by atoms with E-state index in [1.807, 2.05) is 18.2 Å². The number of fused-ring (bicyclic) bond motifs is 1. The van der Waals surface area contributed by atoms with Gasteiger partial charge in [0.1, 0.15) is 11.6 Å². The van der Waals surface area contributed by atoms with Gasteiger partial charge in [0.2, 0.25) is 0 Å². The summed E-state index contributed by atoms with van der Waals surface area (Å²) in [5.41, 5.74) is 16.6. The van der Waals surface area contributed by atoms with Crippen molar-refractivity contribution >= 4 is 11.5 Å². The first-order valence-electron chi connectivity index (χ1n) is 9.39. The van der Waals surface area contributed by atoms with Gasteiger partial charge in [-0.05, 0) is 66.8 Å². The molecule has 9 heteroatoms. The Morgan fingerprint density at radius 3 is 2.63 bits per heavy atom. The molecule has 1 aliphatic rings. The van der Waals surface area contributed by atoms with E-state index in [2.05, 4.69) is 14.8 Å². The lowest BCUT2D eigenvalue weighted by atomic mass is 9.88. The highest BCUT2D eigenvalue weighted by Crippen LogP contribution is 2.26. The number of aryl methyl sites for hydroxylation is 1. The molecule has 156 valence electrons. The third-order valence-electron chi connectivity index (χ3n) is 4.92. The summed E-state index contributed by atoms with van der Waals surface area (Å²) in [4.78, 5) is 4.48. The molecule has 6 nitrogen and oxygen atoms in total. The molecule has 3 aromatic rings. The Morgan fingerprint density at radius 2 is 1.90 bits per heavy atom. The normalized spacial score (nSPS) is 16.9. The molecule has 1 atom stereocenters. The molecule has 1 aliphatic carbocycles. The van der Waals surface area contributed by atoms with Crippen LogP contribution in [0.25, 0.3) is 5.69 Å². The highest BCUT2D eigenvalue weighted by atomic mass is 19.4. The molecule has 4 N–H and O–H groups in total. The van der Waals surface area contributed by atoms with Gasteiger partial charge in [-0.25, -0.2) is 9.67 Å². The molecule has 1 heterocycles. The molecule has 4 rings (SSSR count). The standard InChI is InChI=1S/C21H20F3N5O/c22-21(23,24)30-19-7-5-18(6-8-19)29-12-15(11-27-29)20(26)28-17-4-2-13-9-16(25)3-1-14(13)10-17/h2,4-8,10-12,16H,1,3,9,25H2,(H2,26,28)/t16-/m0/s1. The van der Waals surface area contributed by atoms with E-state index >= 15 is 0 Å². The number of aromatic nitrogens is 2. The molecule has 0 saturated heterocycles. The number of alkyl halides is 3. The van der Waals surface area contributed by atoms with Gasteiger partial charge >= 0.3 is 6.36 Å². The lowest BCUT2D eigenvalue weighted by molar-refractivity contribution is -0.274. The fourth-order valence-corrected chi connectivity index (χ4v) is 3.44. The minimum absolute atomic E-state index is 0.205. The van der Waals surface area contributed by atoms with Crippen molar-refractivity contribution in [3.05, 3.63) is 71.5 Å². The van der Waals surface area contributed by atoms with Crippen LogP contribution in [0.15, 0.2) is 59.9 Å². The summed E-state index contributed by atoms with van der Waals surface area (Å²) >= 11 is 0. The van der Waals surface area contributed by atoms with Crippen LogP contribution in [0.2, 0.25) is 0 Å². The van der Waals surface area contributed by atoms with Gasteiger partial charge in [-0.3, -0.25) is 0 Å². The minimum Gasteiger partial charge on any atom is -0.406 e. The number of ether oxygens (including phenoxy) is 1. The molecule has 0 fully saturated rings. The van der Waals surface area contributed by atoms with Crippen molar-refractivity contribution in [1.82, 2.24) is 9.78 Å². The van der Waals surface area contributed by atoms with Crippen molar-refractivity contribution in [2.45, 2.75) is 31.7 Å². The zero-order chi connectivity index (χ0) is 21.3. The quantitative estimate of drug-likeness (QED) is 0.503. The predicted octanol–water partition coefficient (Wildman–Crippen LogP) is 3.62. The first-order valence-corrected chi connectivity index (χ1v) is 9.39. The molecule has 2 aromatic carbocycles. The number of hydrogen-bond acceptors (Lipinski definition) is 4. The van der Waals surface area contributed by atoms with Gasteiger partial charge < -0.3 is 16.2 Å². The van der Waals surface area contributed by atoms with Gasteiger partial charge in [0.15, 0.2) is 0 Å². The maximum Gasteiger partial charge on any atom is 0.573 e. The molecular weight excluding hydrogens is 395 g/mol. The van der Waals surface area contributed by atoms with Gasteiger partial charge in [-0.1, -0.05) is 6.07 Å². The highest BCUT2D eigenvalue weighted by molar-refractivity contribution is 5.98. The zero-order valence-corrected chi connectivity index (χ0v) is 15.9. The van der Waals surface area contributed by atoms with E-state index in [-0.39, 0.29) is 11.8 Å². The monoisotopic (exact) mass is 415 g/mol. The summed E-state index contributed by atoms with van der Waals surface area (Å²) in [6.45, 7) is 0. The molecule has 0 amide bonds. The molecule has 0 radical (unpaired) electrons. The summed E-state index contributed by atoms with van der Waals surface area (Å²) in [6.07, 6.45) is 1.23. The number of hydrogen-bond donors (Lipinski definition) is 2. The third-order valence-corrected chi connectivity index (χ3v) is 4.92. The topological polar surface area (TPSA) is 91.5 Å². The van der Waals surface area contributed by atoms with Crippen LogP contribution in [0.5, 0.6) is 5.75 Å². The van der Waals surface area contributed by atoms with Gasteiger partial charge in [-0.15, -0.1) is 13.2 Å². The van der Waals surface area contributed by atoms with Crippen LogP contribution in [-0.2, 0) is 12.8 Å². The van der Waals surface area contributed by atoms with Crippen molar-refractivity contribution in [3.63, 3.8) is 0 Å². The minimum atomic E-state index is -4.73. The lowest BCUT2D eigenvalue weighted by Gasteiger charge is -2.21. The number of halogens is 3. The van der Waals surface area contributed by atoms with Crippen LogP contribution in [0.4, 0.5) is 18.9 Å². The Labute approximate surface area is 171 Å². The van der Waals surface area contributed by atoms with Crippen LogP contribution in [0, 0.1) is 0 Å². The van der Waals surface area contributed by atoms with E-state index in [0.29, 0.717) is 17.1 Å². The second kappa shape index (κ2) is 7.83. The van der Waals surface area contributed by atoms with Gasteiger partial charge in [0.05, 0.1) is 23.1 Å². The third kappa shape index (κ3) is 4.62. The Hall–Kier alpha value is -3.33. The lowest BCUT2D eigenvalue weighted by Crippen LogP contribution is -2.27. The van der Waals surface area contributed by atoms with Gasteiger partial charge in [0, 0.05) is 12.2 Å². The largest absolute Gasteiger partial charge is 0.573 e. The average Bonchev–Trinajstić information content (AvgIpc) is 3.18. The van der Waals surface area contributed by atoms with E-state index in [4.69, 9.17) is 11.5 Å². The molecule has 0 saturated carbocycles. The number of amidine groups is 1. The van der Waals surface area contributed by atoms with Crippen LogP contribution in [0.3, 0.4) is 0 Å². The van der Waals surface area contributed by atoms with Crippen LogP contribution < -0.4 is 16.2 Å². The molecular formula is C21H20F3N5O. The zero-order valence-electron chi connectivity index (χ0n) is 15.9. The fraction of sp³-hybridized carbons (Fsp3) is 0.238. The van der Waals surface area contributed by atoms with E-state index < -0.39 is 6.36 Å². The van der Waals surface area contributed by atoms with Gasteiger partial charge in [0.25, 0.3) is 0 Å². The van der Waals surface area contributed by atoms with Crippen molar-refractivity contribution in [3.8, 4) is 11.4 Å². The summed E-state index contributed by atoms with van der Waals surface area (Å²) in [5, 5.41) is 4.21. The second-order valence-electron chi connectivity index (χ2n) is 7.17. The first-order chi connectivity index (χ1) is 14.3. The van der Waals surface area contributed by atoms with Crippen molar-refractivity contribution in [2.24, 2.45) is 16.5 Å². The van der Waals surface area contributed by atoms with Crippen molar-refractivity contribution in [2.75, 3.05) is 0 Å². The summed E-state index contributed by atoms with van der Waals surface area (Å²) in [7, 11) is 0. The highest BCUT2D eigenvalue weighted by Gasteiger charge is 2.31. The predicted molar refractivity (Wildman–Crippen MR) is 107 cm³/mol. The summed E-state index contributed by atoms with van der Waals surface area (Å²) < 4.78 is 42.2. The molecule has 1 aromatic heterocycles. The number of rotatable bonds is 4. The van der Waals surface area contributed by atoms with Crippen LogP contribution >= 0.6 is 0 Å². The molecule has 30 heavy (non-hydrogen) atoms. The first kappa shape index (κ1) is 20.0. The van der Waals surface area contributed by atoms with Crippen LogP contribution in [-0.4, -0.2) is 28.0 Å². The number of nitrogens with two attached hydrogens (primary N) is 2. The average molecular weight is 415 g/mol. The summed E-state index contributed by atoms with van der Waals surface area (Å²) in [5.74, 6) is -0.00110. The van der Waals surface area contributed by atoms with E-state index in [1.165, 1.54) is 40.1 Å². The second-order valence-corrected chi connectivity index (χ2v) is 7.17. The van der Waals surface area contributed by atoms with Crippen molar-refractivity contribution in [1.29, 1.82) is 0 Å². The number of nitrogens with zero attached hydrogens (tertiary/aromatic N) is 3. The smallest absolute Gasteiger partial charge is 0.406 e. The van der Waals surface area contributed by atoms with Crippen molar-refractivity contribution < 1.29 is 17.9 Å². The molecule has 0 aliphatic heterocycles. The Bertz CT molecular complexity index is 1070. The van der Waals surface area contributed by atoms with E-state index in [1.54, 1.807) is 12.4 Å². The van der Waals surface area contributed by atoms with Crippen LogP contribution in [0.1, 0.15) is 23.1 Å². The fourth-order valence-electron chi connectivity index (χ4n) is 3.44. The molecule has 0 spiro atoms. The Morgan fingerprint density at radius 1 is 1.13 bits per heavy atom. The maximum absolute atomic E-state index is 12.3. The SMILES string of the molecule is NC(=Nc1ccc2c(c1)CC[C@H](N)C2)c1cnn(-c2ccc(OC(F)(F)F)cc2)c1. The van der Waals surface area contributed by atoms with E-state index in [9.17, 15) is 13.2 Å². The Balaban J connectivity index is 1.51. The van der Waals surface area contributed by atoms with E-state index in [0.717, 1.165) is 24.9 Å².